The van der Waals surface area contributed by atoms with Gasteiger partial charge in [-0.3, -0.25) is 0 Å². The third kappa shape index (κ3) is 3.48. The normalized spacial score (nSPS) is 11.9. The van der Waals surface area contributed by atoms with Gasteiger partial charge in [-0.15, -0.1) is 0 Å². The first kappa shape index (κ1) is 14.8. The molecule has 20 heavy (non-hydrogen) atoms. The third-order valence-electron chi connectivity index (χ3n) is 3.28. The molecule has 3 nitrogen and oxygen atoms in total. The zero-order valence-corrected chi connectivity index (χ0v) is 13.3. The molecule has 3 heteroatoms. The van der Waals surface area contributed by atoms with Gasteiger partial charge in [-0.1, -0.05) is 22.9 Å². The zero-order chi connectivity index (χ0) is 14.9. The van der Waals surface area contributed by atoms with Crippen LogP contribution >= 0.6 is 0 Å². The number of rotatable bonds is 3. The fraction of sp³-hybridized carbons (Fsp3) is 0.471. The monoisotopic (exact) mass is 272 g/mol. The maximum absolute atomic E-state index is 5.53. The lowest BCUT2D eigenvalue weighted by molar-refractivity contribution is 0.392. The zero-order valence-electron chi connectivity index (χ0n) is 13.3. The van der Waals surface area contributed by atoms with Gasteiger partial charge in [-0.05, 0) is 52.7 Å². The fourth-order valence-electron chi connectivity index (χ4n) is 2.44. The minimum atomic E-state index is 0.0782. The van der Waals surface area contributed by atoms with Gasteiger partial charge in [0.25, 0.3) is 0 Å². The Morgan fingerprint density at radius 2 is 1.65 bits per heavy atom. The molecule has 0 atom stereocenters. The van der Waals surface area contributed by atoms with Crippen molar-refractivity contribution in [1.82, 2.24) is 10.5 Å². The Bertz CT molecular complexity index is 583. The number of nitrogens with one attached hydrogen (secondary N) is 1. The molecule has 0 amide bonds. The van der Waals surface area contributed by atoms with Crippen LogP contribution in [0.2, 0.25) is 0 Å². The van der Waals surface area contributed by atoms with Gasteiger partial charge in [0.2, 0.25) is 0 Å². The molecule has 1 aromatic carbocycles. The SMILES string of the molecule is Cc1cc(C)c(-c2cc(CNC(C)(C)C)no2)c(C)c1. The van der Waals surface area contributed by atoms with Gasteiger partial charge >= 0.3 is 0 Å². The van der Waals surface area contributed by atoms with Crippen LogP contribution in [-0.2, 0) is 6.54 Å². The van der Waals surface area contributed by atoms with Crippen molar-refractivity contribution < 1.29 is 4.52 Å². The maximum atomic E-state index is 5.53. The molecule has 0 fully saturated rings. The highest BCUT2D eigenvalue weighted by Gasteiger charge is 2.14. The Labute approximate surface area is 121 Å². The van der Waals surface area contributed by atoms with E-state index in [1.165, 1.54) is 16.7 Å². The molecule has 0 saturated carbocycles. The molecule has 1 aromatic heterocycles. The summed E-state index contributed by atoms with van der Waals surface area (Å²) >= 11 is 0. The summed E-state index contributed by atoms with van der Waals surface area (Å²) in [5, 5.41) is 7.58. The number of hydrogen-bond acceptors (Lipinski definition) is 3. The maximum Gasteiger partial charge on any atom is 0.167 e. The first-order valence-corrected chi connectivity index (χ1v) is 7.05. The molecule has 0 aliphatic rings. The Morgan fingerprint density at radius 1 is 1.05 bits per heavy atom. The molecular formula is C17H24N2O. The number of hydrogen-bond donors (Lipinski definition) is 1. The average molecular weight is 272 g/mol. The van der Waals surface area contributed by atoms with Crippen molar-refractivity contribution in [2.75, 3.05) is 0 Å². The van der Waals surface area contributed by atoms with Crippen LogP contribution < -0.4 is 5.32 Å². The molecule has 2 rings (SSSR count). The van der Waals surface area contributed by atoms with Gasteiger partial charge in [0.05, 0.1) is 5.69 Å². The average Bonchev–Trinajstić information content (AvgIpc) is 2.72. The van der Waals surface area contributed by atoms with Crippen molar-refractivity contribution in [3.63, 3.8) is 0 Å². The summed E-state index contributed by atoms with van der Waals surface area (Å²) in [6.07, 6.45) is 0. The van der Waals surface area contributed by atoms with Crippen molar-refractivity contribution in [3.05, 3.63) is 40.6 Å². The van der Waals surface area contributed by atoms with Crippen LogP contribution in [0.5, 0.6) is 0 Å². The highest BCUT2D eigenvalue weighted by molar-refractivity contribution is 5.66. The lowest BCUT2D eigenvalue weighted by Crippen LogP contribution is -2.35. The molecule has 2 aromatic rings. The quantitative estimate of drug-likeness (QED) is 0.912. The minimum absolute atomic E-state index is 0.0782. The van der Waals surface area contributed by atoms with E-state index in [4.69, 9.17) is 4.52 Å². The Balaban J connectivity index is 2.25. The largest absolute Gasteiger partial charge is 0.356 e. The molecule has 1 heterocycles. The highest BCUT2D eigenvalue weighted by Crippen LogP contribution is 2.28. The molecule has 0 spiro atoms. The minimum Gasteiger partial charge on any atom is -0.356 e. The predicted molar refractivity (Wildman–Crippen MR) is 82.7 cm³/mol. The van der Waals surface area contributed by atoms with Crippen LogP contribution in [0.25, 0.3) is 11.3 Å². The Hall–Kier alpha value is -1.61. The Kier molecular flexibility index (Phi) is 4.00. The van der Waals surface area contributed by atoms with Crippen LogP contribution in [-0.4, -0.2) is 10.7 Å². The first-order valence-electron chi connectivity index (χ1n) is 7.05. The smallest absolute Gasteiger partial charge is 0.167 e. The van der Waals surface area contributed by atoms with Crippen molar-refractivity contribution in [2.24, 2.45) is 0 Å². The van der Waals surface area contributed by atoms with E-state index in [1.807, 2.05) is 6.07 Å². The van der Waals surface area contributed by atoms with Gasteiger partial charge in [-0.25, -0.2) is 0 Å². The van der Waals surface area contributed by atoms with Gasteiger partial charge in [0, 0.05) is 23.7 Å². The van der Waals surface area contributed by atoms with Crippen molar-refractivity contribution >= 4 is 0 Å². The summed E-state index contributed by atoms with van der Waals surface area (Å²) < 4.78 is 5.53. The van der Waals surface area contributed by atoms with Gasteiger partial charge in [0.1, 0.15) is 0 Å². The second-order valence-corrected chi connectivity index (χ2v) is 6.56. The van der Waals surface area contributed by atoms with E-state index < -0.39 is 0 Å². The van der Waals surface area contributed by atoms with Crippen molar-refractivity contribution in [3.8, 4) is 11.3 Å². The molecule has 1 N–H and O–H groups in total. The second-order valence-electron chi connectivity index (χ2n) is 6.56. The van der Waals surface area contributed by atoms with E-state index in [1.54, 1.807) is 0 Å². The molecule has 108 valence electrons. The lowest BCUT2D eigenvalue weighted by atomic mass is 9.98. The number of aryl methyl sites for hydroxylation is 3. The molecule has 0 saturated heterocycles. The lowest BCUT2D eigenvalue weighted by Gasteiger charge is -2.19. The van der Waals surface area contributed by atoms with Crippen LogP contribution in [0.1, 0.15) is 43.2 Å². The van der Waals surface area contributed by atoms with E-state index in [2.05, 4.69) is 64.1 Å². The van der Waals surface area contributed by atoms with Crippen LogP contribution in [0.3, 0.4) is 0 Å². The van der Waals surface area contributed by atoms with E-state index in [0.29, 0.717) is 0 Å². The van der Waals surface area contributed by atoms with Gasteiger partial charge in [-0.2, -0.15) is 0 Å². The topological polar surface area (TPSA) is 38.1 Å². The van der Waals surface area contributed by atoms with E-state index in [-0.39, 0.29) is 5.54 Å². The summed E-state index contributed by atoms with van der Waals surface area (Å²) in [6.45, 7) is 13.5. The summed E-state index contributed by atoms with van der Waals surface area (Å²) in [4.78, 5) is 0. The summed E-state index contributed by atoms with van der Waals surface area (Å²) in [6, 6.07) is 6.39. The molecular weight excluding hydrogens is 248 g/mol. The molecule has 0 aliphatic heterocycles. The highest BCUT2D eigenvalue weighted by atomic mass is 16.5. The summed E-state index contributed by atoms with van der Waals surface area (Å²) in [7, 11) is 0. The standard InChI is InChI=1S/C17H24N2O/c1-11-7-12(2)16(13(3)8-11)15-9-14(19-20-15)10-18-17(4,5)6/h7-9,18H,10H2,1-6H3. The van der Waals surface area contributed by atoms with E-state index in [0.717, 1.165) is 23.6 Å². The van der Waals surface area contributed by atoms with Crippen molar-refractivity contribution in [1.29, 1.82) is 0 Å². The number of nitrogens with zero attached hydrogens (tertiary/aromatic N) is 1. The van der Waals surface area contributed by atoms with Crippen molar-refractivity contribution in [2.45, 2.75) is 53.6 Å². The third-order valence-corrected chi connectivity index (χ3v) is 3.28. The van der Waals surface area contributed by atoms with E-state index >= 15 is 0 Å². The molecule has 0 radical (unpaired) electrons. The van der Waals surface area contributed by atoms with Gasteiger partial charge in [0.15, 0.2) is 5.76 Å². The van der Waals surface area contributed by atoms with Crippen LogP contribution in [0.15, 0.2) is 22.7 Å². The molecule has 0 aliphatic carbocycles. The predicted octanol–water partition coefficient (Wildman–Crippen LogP) is 4.15. The molecule has 0 bridgehead atoms. The summed E-state index contributed by atoms with van der Waals surface area (Å²) in [5.41, 5.74) is 5.91. The fourth-order valence-corrected chi connectivity index (χ4v) is 2.44. The van der Waals surface area contributed by atoms with E-state index in [9.17, 15) is 0 Å². The number of aromatic nitrogens is 1. The van der Waals surface area contributed by atoms with Crippen LogP contribution in [0, 0.1) is 20.8 Å². The summed E-state index contributed by atoms with van der Waals surface area (Å²) in [5.74, 6) is 0.853. The Morgan fingerprint density at radius 3 is 2.20 bits per heavy atom. The molecule has 0 unspecified atom stereocenters. The van der Waals surface area contributed by atoms with Crippen LogP contribution in [0.4, 0.5) is 0 Å². The number of benzene rings is 1. The van der Waals surface area contributed by atoms with Gasteiger partial charge < -0.3 is 9.84 Å². The first-order chi connectivity index (χ1) is 9.26. The second kappa shape index (κ2) is 5.41.